The van der Waals surface area contributed by atoms with Crippen LogP contribution in [0.4, 0.5) is 0 Å². The van der Waals surface area contributed by atoms with Crippen molar-refractivity contribution in [1.82, 2.24) is 0 Å². The van der Waals surface area contributed by atoms with Gasteiger partial charge in [0.25, 0.3) is 0 Å². The zero-order chi connectivity index (χ0) is 14.4. The Hall–Kier alpha value is -1.17. The summed E-state index contributed by atoms with van der Waals surface area (Å²) in [5.41, 5.74) is 0.928. The van der Waals surface area contributed by atoms with Crippen LogP contribution >= 0.6 is 0 Å². The quantitative estimate of drug-likeness (QED) is 0.478. The van der Waals surface area contributed by atoms with Crippen molar-refractivity contribution in [2.24, 2.45) is 0 Å². The first kappa shape index (κ1) is 16.8. The average molecular weight is 271 g/mol. The third kappa shape index (κ3) is 8.00. The highest BCUT2D eigenvalue weighted by Crippen LogP contribution is 2.08. The smallest absolute Gasteiger partial charge is 0.124 e. The topological polar surface area (TPSA) is 57.2 Å². The Labute approximate surface area is 110 Å². The van der Waals surface area contributed by atoms with Gasteiger partial charge in [0.05, 0.1) is 32.6 Å². The van der Waals surface area contributed by atoms with Crippen LogP contribution in [0.1, 0.15) is 5.56 Å². The van der Waals surface area contributed by atoms with Gasteiger partial charge in [0.1, 0.15) is 10.1 Å². The Morgan fingerprint density at radius 2 is 1.67 bits per heavy atom. The maximum atomic E-state index is 10.4. The summed E-state index contributed by atoms with van der Waals surface area (Å²) in [5, 5.41) is 0. The van der Waals surface area contributed by atoms with E-state index in [-0.39, 0.29) is 4.90 Å². The first-order valence-electron chi connectivity index (χ1n) is 5.50. The van der Waals surface area contributed by atoms with E-state index in [9.17, 15) is 13.0 Å². The van der Waals surface area contributed by atoms with E-state index in [1.54, 1.807) is 12.1 Å². The molecule has 1 rings (SSSR count). The standard InChI is InChI=1S/C7H8O3S.C6H14N/c1-6-2-4-7(5-3-6)11(8,9)10;1-5-6-7(2,3)4/h2-5H,1H3,(H,8,9,10);5H,1,6H2,2-4H3/q;+1/p-1. The fraction of sp³-hybridized carbons (Fsp3) is 0.385. The van der Waals surface area contributed by atoms with E-state index in [0.717, 1.165) is 16.6 Å². The highest BCUT2D eigenvalue weighted by molar-refractivity contribution is 7.85. The Morgan fingerprint density at radius 1 is 1.22 bits per heavy atom. The van der Waals surface area contributed by atoms with Crippen molar-refractivity contribution in [2.75, 3.05) is 27.7 Å². The van der Waals surface area contributed by atoms with Gasteiger partial charge >= 0.3 is 0 Å². The summed E-state index contributed by atoms with van der Waals surface area (Å²) in [6.45, 7) is 6.49. The van der Waals surface area contributed by atoms with Crippen molar-refractivity contribution in [1.29, 1.82) is 0 Å². The van der Waals surface area contributed by atoms with Gasteiger partial charge in [-0.2, -0.15) is 0 Å². The van der Waals surface area contributed by atoms with Crippen LogP contribution in [0.3, 0.4) is 0 Å². The predicted octanol–water partition coefficient (Wildman–Crippen LogP) is 1.78. The first-order chi connectivity index (χ1) is 8.06. The second kappa shape index (κ2) is 6.68. The first-order valence-corrected chi connectivity index (χ1v) is 6.91. The molecule has 5 heteroatoms. The largest absolute Gasteiger partial charge is 0.744 e. The van der Waals surface area contributed by atoms with Crippen LogP contribution in [0.15, 0.2) is 41.8 Å². The summed E-state index contributed by atoms with van der Waals surface area (Å²) < 4.78 is 32.1. The molecule has 0 saturated heterocycles. The molecule has 0 spiro atoms. The maximum absolute atomic E-state index is 10.4. The molecular weight excluding hydrogens is 250 g/mol. The highest BCUT2D eigenvalue weighted by atomic mass is 32.2. The minimum absolute atomic E-state index is 0.178. The van der Waals surface area contributed by atoms with Gasteiger partial charge in [0.2, 0.25) is 0 Å². The molecule has 1 aromatic rings. The average Bonchev–Trinajstić information content (AvgIpc) is 2.15. The van der Waals surface area contributed by atoms with E-state index in [1.807, 2.05) is 13.0 Å². The molecule has 0 unspecified atom stereocenters. The molecule has 0 aliphatic rings. The molecule has 0 aliphatic heterocycles. The number of quaternary nitrogens is 1. The molecule has 0 aromatic heterocycles. The molecule has 102 valence electrons. The molecule has 0 aliphatic carbocycles. The number of benzene rings is 1. The summed E-state index contributed by atoms with van der Waals surface area (Å²) in [7, 11) is 2.15. The minimum Gasteiger partial charge on any atom is -0.744 e. The van der Waals surface area contributed by atoms with Gasteiger partial charge in [0, 0.05) is 0 Å². The summed E-state index contributed by atoms with van der Waals surface area (Å²) >= 11 is 0. The van der Waals surface area contributed by atoms with Crippen LogP contribution in [0.2, 0.25) is 0 Å². The lowest BCUT2D eigenvalue weighted by Crippen LogP contribution is -2.33. The Bertz CT molecular complexity index is 470. The Kier molecular flexibility index (Phi) is 6.25. The molecule has 0 heterocycles. The van der Waals surface area contributed by atoms with Crippen LogP contribution in [0.25, 0.3) is 0 Å². The van der Waals surface area contributed by atoms with E-state index >= 15 is 0 Å². The fourth-order valence-electron chi connectivity index (χ4n) is 1.09. The van der Waals surface area contributed by atoms with E-state index in [0.29, 0.717) is 0 Å². The van der Waals surface area contributed by atoms with Gasteiger partial charge in [-0.3, -0.25) is 0 Å². The van der Waals surface area contributed by atoms with Crippen LogP contribution in [0, 0.1) is 6.92 Å². The molecule has 4 nitrogen and oxygen atoms in total. The number of likely N-dealkylation sites (N-methyl/N-ethyl adjacent to an activating group) is 1. The van der Waals surface area contributed by atoms with E-state index in [2.05, 4.69) is 27.7 Å². The van der Waals surface area contributed by atoms with Crippen molar-refractivity contribution >= 4 is 10.1 Å². The second-order valence-corrected chi connectivity index (χ2v) is 6.41. The van der Waals surface area contributed by atoms with Gasteiger partial charge in [-0.15, -0.1) is 0 Å². The van der Waals surface area contributed by atoms with Crippen LogP contribution < -0.4 is 0 Å². The van der Waals surface area contributed by atoms with E-state index < -0.39 is 10.1 Å². The lowest BCUT2D eigenvalue weighted by molar-refractivity contribution is -0.864. The molecule has 0 radical (unpaired) electrons. The normalized spacial score (nSPS) is 11.4. The monoisotopic (exact) mass is 271 g/mol. The summed E-state index contributed by atoms with van der Waals surface area (Å²) in [6, 6.07) is 5.78. The number of hydrogen-bond donors (Lipinski definition) is 0. The Morgan fingerprint density at radius 3 is 1.89 bits per heavy atom. The van der Waals surface area contributed by atoms with E-state index in [1.165, 1.54) is 12.1 Å². The van der Waals surface area contributed by atoms with Crippen molar-refractivity contribution < 1.29 is 17.5 Å². The van der Waals surface area contributed by atoms with Gasteiger partial charge in [-0.1, -0.05) is 24.3 Å². The molecule has 0 atom stereocenters. The molecule has 18 heavy (non-hydrogen) atoms. The van der Waals surface area contributed by atoms with Gasteiger partial charge in [-0.25, -0.2) is 8.42 Å². The summed E-state index contributed by atoms with van der Waals surface area (Å²) in [5.74, 6) is 0. The second-order valence-electron chi connectivity index (χ2n) is 5.03. The lowest BCUT2D eigenvalue weighted by Gasteiger charge is -2.21. The SMILES string of the molecule is C=CC[N+](C)(C)C.Cc1ccc(S(=O)(=O)[O-])cc1. The predicted molar refractivity (Wildman–Crippen MR) is 72.2 cm³/mol. The Balaban J connectivity index is 0.000000360. The van der Waals surface area contributed by atoms with Crippen LogP contribution in [-0.4, -0.2) is 45.1 Å². The molecule has 0 saturated carbocycles. The minimum atomic E-state index is -4.27. The molecule has 0 N–H and O–H groups in total. The highest BCUT2D eigenvalue weighted by Gasteiger charge is 1.99. The lowest BCUT2D eigenvalue weighted by atomic mass is 10.2. The maximum Gasteiger partial charge on any atom is 0.124 e. The molecule has 1 aromatic carbocycles. The number of hydrogen-bond acceptors (Lipinski definition) is 3. The fourth-order valence-corrected chi connectivity index (χ4v) is 1.56. The third-order valence-corrected chi connectivity index (χ3v) is 2.84. The van der Waals surface area contributed by atoms with Crippen molar-refractivity contribution in [3.8, 4) is 0 Å². The zero-order valence-electron chi connectivity index (χ0n) is 11.4. The van der Waals surface area contributed by atoms with Gasteiger partial charge in [0.15, 0.2) is 0 Å². The zero-order valence-corrected chi connectivity index (χ0v) is 12.2. The number of nitrogens with zero attached hydrogens (tertiary/aromatic N) is 1. The molecular formula is C13H21NO3S. The summed E-state index contributed by atoms with van der Waals surface area (Å²) in [6.07, 6.45) is 1.93. The van der Waals surface area contributed by atoms with Gasteiger partial charge < -0.3 is 9.04 Å². The van der Waals surface area contributed by atoms with Crippen molar-refractivity contribution in [3.05, 3.63) is 42.5 Å². The summed E-state index contributed by atoms with van der Waals surface area (Å²) in [4.78, 5) is -0.178. The van der Waals surface area contributed by atoms with Crippen molar-refractivity contribution in [3.63, 3.8) is 0 Å². The molecule has 0 fully saturated rings. The molecule has 0 amide bonds. The molecule has 0 bridgehead atoms. The van der Waals surface area contributed by atoms with Crippen LogP contribution in [-0.2, 0) is 10.1 Å². The number of rotatable bonds is 3. The van der Waals surface area contributed by atoms with E-state index in [4.69, 9.17) is 0 Å². The van der Waals surface area contributed by atoms with Gasteiger partial charge in [-0.05, 0) is 25.1 Å². The van der Waals surface area contributed by atoms with Crippen LogP contribution in [0.5, 0.6) is 0 Å². The third-order valence-electron chi connectivity index (χ3n) is 1.99. The van der Waals surface area contributed by atoms with Crippen molar-refractivity contribution in [2.45, 2.75) is 11.8 Å². The number of aryl methyl sites for hydroxylation is 1.